The zero-order valence-electron chi connectivity index (χ0n) is 12.0. The Kier molecular flexibility index (Phi) is 4.20. The first-order valence-corrected chi connectivity index (χ1v) is 8.09. The molecule has 2 aromatic rings. The normalized spacial score (nSPS) is 18.6. The van der Waals surface area contributed by atoms with Gasteiger partial charge in [0.1, 0.15) is 6.54 Å². The molecule has 1 atom stereocenters. The van der Waals surface area contributed by atoms with Crippen molar-refractivity contribution >= 4 is 38.7 Å². The number of piperidine rings is 1. The Labute approximate surface area is 136 Å². The molecule has 1 aliphatic heterocycles. The van der Waals surface area contributed by atoms with Crippen LogP contribution < -0.4 is 0 Å². The molecule has 1 aliphatic rings. The van der Waals surface area contributed by atoms with Crippen LogP contribution in [0.25, 0.3) is 10.9 Å². The van der Waals surface area contributed by atoms with Gasteiger partial charge in [-0.1, -0.05) is 15.9 Å². The average molecular weight is 365 g/mol. The minimum atomic E-state index is -0.811. The van der Waals surface area contributed by atoms with Crippen molar-refractivity contribution in [3.8, 4) is 0 Å². The number of carbonyl (C=O) groups excluding carboxylic acids is 1. The highest BCUT2D eigenvalue weighted by molar-refractivity contribution is 9.10. The third-order valence-corrected chi connectivity index (χ3v) is 4.66. The second-order valence-electron chi connectivity index (χ2n) is 5.66. The molecule has 0 aliphatic carbocycles. The number of likely N-dealkylation sites (tertiary alicyclic amines) is 1. The minimum absolute atomic E-state index is 0.0219. The van der Waals surface area contributed by atoms with Crippen LogP contribution in [0.2, 0.25) is 0 Å². The first-order valence-electron chi connectivity index (χ1n) is 7.29. The summed E-state index contributed by atoms with van der Waals surface area (Å²) in [6, 6.07) is 7.91. The summed E-state index contributed by atoms with van der Waals surface area (Å²) in [6.07, 6.45) is 3.30. The lowest BCUT2D eigenvalue weighted by Crippen LogP contribution is -2.43. The topological polar surface area (TPSA) is 62.5 Å². The number of rotatable bonds is 3. The van der Waals surface area contributed by atoms with E-state index in [1.54, 1.807) is 4.90 Å². The summed E-state index contributed by atoms with van der Waals surface area (Å²) in [5, 5.41) is 10.2. The van der Waals surface area contributed by atoms with Gasteiger partial charge < -0.3 is 14.6 Å². The van der Waals surface area contributed by atoms with Crippen LogP contribution in [0.4, 0.5) is 0 Å². The average Bonchev–Trinajstić information content (AvgIpc) is 2.89. The van der Waals surface area contributed by atoms with Crippen molar-refractivity contribution in [3.63, 3.8) is 0 Å². The number of aromatic nitrogens is 1. The van der Waals surface area contributed by atoms with Crippen molar-refractivity contribution in [3.05, 3.63) is 34.9 Å². The molecule has 1 aromatic carbocycles. The van der Waals surface area contributed by atoms with Gasteiger partial charge in [-0.3, -0.25) is 9.59 Å². The molecule has 2 heterocycles. The van der Waals surface area contributed by atoms with Gasteiger partial charge in [0.2, 0.25) is 5.91 Å². The summed E-state index contributed by atoms with van der Waals surface area (Å²) in [5.74, 6) is -1.27. The smallest absolute Gasteiger partial charge is 0.308 e. The Balaban J connectivity index is 1.74. The van der Waals surface area contributed by atoms with Gasteiger partial charge >= 0.3 is 5.97 Å². The summed E-state index contributed by atoms with van der Waals surface area (Å²) in [7, 11) is 0. The fourth-order valence-electron chi connectivity index (χ4n) is 2.96. The number of benzene rings is 1. The SMILES string of the molecule is O=C(O)C1CCCN(C(=O)Cn2ccc3cc(Br)ccc32)C1. The molecule has 1 amide bonds. The maximum absolute atomic E-state index is 12.4. The summed E-state index contributed by atoms with van der Waals surface area (Å²) >= 11 is 3.44. The monoisotopic (exact) mass is 364 g/mol. The molecule has 6 heteroatoms. The molecule has 1 unspecified atom stereocenters. The second-order valence-corrected chi connectivity index (χ2v) is 6.58. The van der Waals surface area contributed by atoms with E-state index < -0.39 is 11.9 Å². The number of aliphatic carboxylic acids is 1. The zero-order chi connectivity index (χ0) is 15.7. The summed E-state index contributed by atoms with van der Waals surface area (Å²) < 4.78 is 2.92. The highest BCUT2D eigenvalue weighted by Crippen LogP contribution is 2.22. The molecule has 0 radical (unpaired) electrons. The van der Waals surface area contributed by atoms with Gasteiger partial charge in [-0.05, 0) is 37.1 Å². The highest BCUT2D eigenvalue weighted by atomic mass is 79.9. The predicted molar refractivity (Wildman–Crippen MR) is 86.6 cm³/mol. The van der Waals surface area contributed by atoms with Gasteiger partial charge in [-0.2, -0.15) is 0 Å². The molecule has 5 nitrogen and oxygen atoms in total. The fourth-order valence-corrected chi connectivity index (χ4v) is 3.34. The summed E-state index contributed by atoms with van der Waals surface area (Å²) in [6.45, 7) is 1.21. The molecule has 1 fully saturated rings. The first-order chi connectivity index (χ1) is 10.5. The van der Waals surface area contributed by atoms with Crippen LogP contribution in [0.1, 0.15) is 12.8 Å². The number of fused-ring (bicyclic) bond motifs is 1. The molecular weight excluding hydrogens is 348 g/mol. The number of carboxylic acids is 1. The van der Waals surface area contributed by atoms with Crippen LogP contribution in [0.5, 0.6) is 0 Å². The maximum Gasteiger partial charge on any atom is 0.308 e. The van der Waals surface area contributed by atoms with Gasteiger partial charge in [-0.15, -0.1) is 0 Å². The van der Waals surface area contributed by atoms with E-state index in [4.69, 9.17) is 5.11 Å². The molecule has 1 aromatic heterocycles. The van der Waals surface area contributed by atoms with Crippen LogP contribution in [0, 0.1) is 5.92 Å². The Hall–Kier alpha value is -1.82. The number of hydrogen-bond acceptors (Lipinski definition) is 2. The van der Waals surface area contributed by atoms with Crippen LogP contribution in [0.15, 0.2) is 34.9 Å². The number of carbonyl (C=O) groups is 2. The van der Waals surface area contributed by atoms with Crippen LogP contribution in [0.3, 0.4) is 0 Å². The Morgan fingerprint density at radius 2 is 2.14 bits per heavy atom. The van der Waals surface area contributed by atoms with Gasteiger partial charge in [0.25, 0.3) is 0 Å². The summed E-state index contributed by atoms with van der Waals surface area (Å²) in [4.78, 5) is 25.2. The lowest BCUT2D eigenvalue weighted by Gasteiger charge is -2.30. The van der Waals surface area contributed by atoms with Crippen LogP contribution in [-0.2, 0) is 16.1 Å². The van der Waals surface area contributed by atoms with E-state index in [1.165, 1.54) is 0 Å². The van der Waals surface area contributed by atoms with E-state index in [1.807, 2.05) is 35.0 Å². The Bertz CT molecular complexity index is 725. The van der Waals surface area contributed by atoms with E-state index in [0.717, 1.165) is 21.8 Å². The largest absolute Gasteiger partial charge is 0.481 e. The Morgan fingerprint density at radius 3 is 2.91 bits per heavy atom. The second kappa shape index (κ2) is 6.12. The van der Waals surface area contributed by atoms with Gasteiger partial charge in [-0.25, -0.2) is 0 Å². The quantitative estimate of drug-likeness (QED) is 0.910. The van der Waals surface area contributed by atoms with E-state index in [0.29, 0.717) is 19.5 Å². The molecule has 116 valence electrons. The van der Waals surface area contributed by atoms with Crippen molar-refractivity contribution in [2.45, 2.75) is 19.4 Å². The highest BCUT2D eigenvalue weighted by Gasteiger charge is 2.28. The summed E-state index contributed by atoms with van der Waals surface area (Å²) in [5.41, 5.74) is 1.00. The predicted octanol–water partition coefficient (Wildman–Crippen LogP) is 2.73. The standard InChI is InChI=1S/C16H17BrN2O3/c17-13-3-4-14-11(8-13)5-7-18(14)10-15(20)19-6-1-2-12(9-19)16(21)22/h3-5,7-8,12H,1-2,6,9-10H2,(H,21,22). The van der Waals surface area contributed by atoms with Crippen LogP contribution >= 0.6 is 15.9 Å². The molecule has 22 heavy (non-hydrogen) atoms. The lowest BCUT2D eigenvalue weighted by atomic mass is 9.98. The molecule has 1 N–H and O–H groups in total. The molecule has 1 saturated heterocycles. The van der Waals surface area contributed by atoms with Crippen molar-refractivity contribution in [2.75, 3.05) is 13.1 Å². The van der Waals surface area contributed by atoms with E-state index in [2.05, 4.69) is 15.9 Å². The van der Waals surface area contributed by atoms with E-state index in [-0.39, 0.29) is 12.5 Å². The lowest BCUT2D eigenvalue weighted by molar-refractivity contribution is -0.145. The number of halogens is 1. The maximum atomic E-state index is 12.4. The van der Waals surface area contributed by atoms with Crippen molar-refractivity contribution in [1.82, 2.24) is 9.47 Å². The number of carboxylic acid groups (broad SMARTS) is 1. The molecule has 0 spiro atoms. The van der Waals surface area contributed by atoms with Crippen LogP contribution in [-0.4, -0.2) is 39.5 Å². The van der Waals surface area contributed by atoms with E-state index in [9.17, 15) is 9.59 Å². The van der Waals surface area contributed by atoms with Gasteiger partial charge in [0.05, 0.1) is 5.92 Å². The molecular formula is C16H17BrN2O3. The van der Waals surface area contributed by atoms with Crippen molar-refractivity contribution in [1.29, 1.82) is 0 Å². The van der Waals surface area contributed by atoms with Crippen molar-refractivity contribution < 1.29 is 14.7 Å². The molecule has 0 bridgehead atoms. The van der Waals surface area contributed by atoms with Crippen molar-refractivity contribution in [2.24, 2.45) is 5.92 Å². The number of hydrogen-bond donors (Lipinski definition) is 1. The zero-order valence-corrected chi connectivity index (χ0v) is 13.6. The van der Waals surface area contributed by atoms with E-state index >= 15 is 0 Å². The molecule has 3 rings (SSSR count). The third-order valence-electron chi connectivity index (χ3n) is 4.16. The third kappa shape index (κ3) is 3.02. The first kappa shape index (κ1) is 15.1. The van der Waals surface area contributed by atoms with Gasteiger partial charge in [0.15, 0.2) is 0 Å². The van der Waals surface area contributed by atoms with Gasteiger partial charge in [0, 0.05) is 34.7 Å². The number of nitrogens with zero attached hydrogens (tertiary/aromatic N) is 2. The fraction of sp³-hybridized carbons (Fsp3) is 0.375. The minimum Gasteiger partial charge on any atom is -0.481 e. The number of amides is 1. The molecule has 0 saturated carbocycles. The Morgan fingerprint density at radius 1 is 1.32 bits per heavy atom.